The lowest BCUT2D eigenvalue weighted by atomic mass is 9.91. The van der Waals surface area contributed by atoms with Crippen molar-refractivity contribution in [1.29, 1.82) is 0 Å². The fraction of sp³-hybridized carbons (Fsp3) is 0.632. The second-order valence-corrected chi connectivity index (χ2v) is 15.9. The summed E-state index contributed by atoms with van der Waals surface area (Å²) in [6.45, 7) is 12.0. The molecule has 53 heavy (non-hydrogen) atoms. The number of nitrogens with zero attached hydrogens (tertiary/aromatic N) is 3. The van der Waals surface area contributed by atoms with E-state index < -0.39 is 47.6 Å². The monoisotopic (exact) mass is 757 g/mol. The highest BCUT2D eigenvalue weighted by Gasteiger charge is 2.43. The third-order valence-electron chi connectivity index (χ3n) is 10.7. The molecule has 0 bridgehead atoms. The lowest BCUT2D eigenvalue weighted by Gasteiger charge is -2.38. The molecule has 1 fully saturated rings. The van der Waals surface area contributed by atoms with Crippen LogP contribution in [-0.4, -0.2) is 105 Å². The Kier molecular flexibility index (Phi) is 15.9. The van der Waals surface area contributed by atoms with Gasteiger partial charge in [-0.05, 0) is 75.7 Å². The summed E-state index contributed by atoms with van der Waals surface area (Å²) >= 11 is 1.13. The van der Waals surface area contributed by atoms with Crippen molar-refractivity contribution in [2.24, 2.45) is 23.5 Å². The number of thiazole rings is 1. The fourth-order valence-electron chi connectivity index (χ4n) is 6.70. The summed E-state index contributed by atoms with van der Waals surface area (Å²) in [5.74, 6) is -3.10. The zero-order valence-corrected chi connectivity index (χ0v) is 33.2. The van der Waals surface area contributed by atoms with E-state index in [1.54, 1.807) is 48.5 Å². The molecule has 1 saturated heterocycles. The number of likely N-dealkylation sites (tertiary alicyclic amines) is 1. The molecule has 7 atom stereocenters. The maximum atomic E-state index is 14.1. The van der Waals surface area contributed by atoms with E-state index in [0.29, 0.717) is 23.5 Å². The first-order chi connectivity index (χ1) is 24.9. The summed E-state index contributed by atoms with van der Waals surface area (Å²) in [6, 6.07) is 5.31. The molecular weight excluding hydrogens is 699 g/mol. The number of hydrogen-bond acceptors (Lipinski definition) is 10. The first-order valence-electron chi connectivity index (χ1n) is 18.5. The van der Waals surface area contributed by atoms with Gasteiger partial charge in [-0.1, -0.05) is 53.2 Å². The number of rotatable bonds is 19. The van der Waals surface area contributed by atoms with E-state index in [2.05, 4.69) is 20.9 Å². The summed E-state index contributed by atoms with van der Waals surface area (Å²) in [5.41, 5.74) is 6.16. The lowest BCUT2D eigenvalue weighted by Crippen LogP contribution is -2.60. The number of carboxylic acid groups (broad SMARTS) is 1. The van der Waals surface area contributed by atoms with Crippen molar-refractivity contribution in [2.75, 3.05) is 32.5 Å². The van der Waals surface area contributed by atoms with E-state index in [1.807, 2.05) is 46.6 Å². The molecule has 1 aliphatic heterocycles. The number of carboxylic acids is 1. The van der Waals surface area contributed by atoms with Crippen LogP contribution in [-0.2, 0) is 25.6 Å². The zero-order valence-electron chi connectivity index (χ0n) is 32.3. The predicted molar refractivity (Wildman–Crippen MR) is 205 cm³/mol. The molecule has 1 aromatic heterocycles. The number of hydrogen-bond donors (Lipinski definition) is 6. The van der Waals surface area contributed by atoms with Gasteiger partial charge in [0.15, 0.2) is 0 Å². The van der Waals surface area contributed by atoms with Gasteiger partial charge in [0.1, 0.15) is 22.8 Å². The number of benzene rings is 1. The first-order valence-corrected chi connectivity index (χ1v) is 19.3. The second-order valence-electron chi connectivity index (χ2n) is 15.0. The Morgan fingerprint density at radius 2 is 1.74 bits per heavy atom. The van der Waals surface area contributed by atoms with E-state index in [-0.39, 0.29) is 54.6 Å². The standard InChI is InChI=1S/C38H59N7O7S/c1-9-23(4)32(43-37(52)38(6)15-10-16-44(38)7)35(49)45(8)29(22(2)3)19-30(46)34-42-28(21-53-34)33(48)41-27(17-24(5)36(50)51)18-25-11-13-26(14-12-25)40-31(47)20-39/h11-14,21-24,27,29-30,32,46H,9-10,15-20,39H2,1-8H3,(H,40,47)(H,41,48)(H,43,52)(H,50,51)/t23?,24-,27+,29+,30+,32-,38+/m0/s1. The summed E-state index contributed by atoms with van der Waals surface area (Å²) in [4.78, 5) is 72.4. The van der Waals surface area contributed by atoms with Crippen LogP contribution in [0.2, 0.25) is 0 Å². The molecule has 0 saturated carbocycles. The molecule has 14 nitrogen and oxygen atoms in total. The minimum atomic E-state index is -1.08. The molecule has 1 aliphatic rings. The smallest absolute Gasteiger partial charge is 0.306 e. The van der Waals surface area contributed by atoms with Crippen LogP contribution in [0.1, 0.15) is 101 Å². The number of nitrogens with two attached hydrogens (primary N) is 1. The normalized spacial score (nSPS) is 19.5. The molecular formula is C38H59N7O7S. The highest BCUT2D eigenvalue weighted by molar-refractivity contribution is 7.09. The number of anilines is 1. The van der Waals surface area contributed by atoms with Crippen molar-refractivity contribution in [3.8, 4) is 0 Å². The van der Waals surface area contributed by atoms with Gasteiger partial charge < -0.3 is 36.8 Å². The van der Waals surface area contributed by atoms with Gasteiger partial charge in [-0.2, -0.15) is 0 Å². The molecule has 1 unspecified atom stereocenters. The number of aromatic nitrogens is 1. The highest BCUT2D eigenvalue weighted by atomic mass is 32.1. The molecule has 1 aromatic carbocycles. The van der Waals surface area contributed by atoms with Crippen LogP contribution in [0.5, 0.6) is 0 Å². The molecule has 2 heterocycles. The van der Waals surface area contributed by atoms with E-state index >= 15 is 0 Å². The third-order valence-corrected chi connectivity index (χ3v) is 11.6. The van der Waals surface area contributed by atoms with Gasteiger partial charge in [0.05, 0.1) is 18.0 Å². The number of amides is 4. The second kappa shape index (κ2) is 19.4. The van der Waals surface area contributed by atoms with Gasteiger partial charge in [-0.15, -0.1) is 11.3 Å². The van der Waals surface area contributed by atoms with Crippen LogP contribution >= 0.6 is 11.3 Å². The molecule has 0 radical (unpaired) electrons. The van der Waals surface area contributed by atoms with Crippen LogP contribution in [0.4, 0.5) is 5.69 Å². The Balaban J connectivity index is 1.72. The van der Waals surface area contributed by atoms with Crippen molar-refractivity contribution in [3.63, 3.8) is 0 Å². The number of aliphatic carboxylic acids is 1. The van der Waals surface area contributed by atoms with Gasteiger partial charge in [0.25, 0.3) is 5.91 Å². The molecule has 294 valence electrons. The molecule has 7 N–H and O–H groups in total. The van der Waals surface area contributed by atoms with E-state index in [9.17, 15) is 34.2 Å². The van der Waals surface area contributed by atoms with Crippen molar-refractivity contribution >= 4 is 46.6 Å². The Morgan fingerprint density at radius 1 is 1.08 bits per heavy atom. The predicted octanol–water partition coefficient (Wildman–Crippen LogP) is 3.41. The number of likely N-dealkylation sites (N-methyl/N-ethyl adjacent to an activating group) is 2. The molecule has 2 aromatic rings. The summed E-state index contributed by atoms with van der Waals surface area (Å²) in [5, 5.41) is 31.5. The highest BCUT2D eigenvalue weighted by Crippen LogP contribution is 2.30. The molecule has 4 amide bonds. The van der Waals surface area contributed by atoms with Crippen LogP contribution in [0, 0.1) is 17.8 Å². The first kappa shape index (κ1) is 43.5. The van der Waals surface area contributed by atoms with Gasteiger partial charge in [-0.3, -0.25) is 28.9 Å². The Bertz CT molecular complexity index is 1570. The largest absolute Gasteiger partial charge is 0.481 e. The Hall–Kier alpha value is -3.92. The van der Waals surface area contributed by atoms with Gasteiger partial charge in [0.2, 0.25) is 17.7 Å². The summed E-state index contributed by atoms with van der Waals surface area (Å²) in [7, 11) is 3.63. The topological polar surface area (TPSA) is 207 Å². The molecule has 0 aliphatic carbocycles. The fourth-order valence-corrected chi connectivity index (χ4v) is 7.50. The number of aliphatic hydroxyl groups excluding tert-OH is 1. The third kappa shape index (κ3) is 11.5. The molecule has 3 rings (SSSR count). The van der Waals surface area contributed by atoms with Crippen LogP contribution in [0.15, 0.2) is 29.6 Å². The van der Waals surface area contributed by atoms with Crippen molar-refractivity contribution in [3.05, 3.63) is 45.9 Å². The minimum Gasteiger partial charge on any atom is -0.481 e. The molecule has 0 spiro atoms. The van der Waals surface area contributed by atoms with E-state index in [4.69, 9.17) is 5.73 Å². The lowest BCUT2D eigenvalue weighted by molar-refractivity contribution is -0.142. The average Bonchev–Trinajstić information content (AvgIpc) is 3.76. The quantitative estimate of drug-likeness (QED) is 0.123. The van der Waals surface area contributed by atoms with Gasteiger partial charge in [-0.25, -0.2) is 4.98 Å². The average molecular weight is 758 g/mol. The van der Waals surface area contributed by atoms with E-state index in [1.165, 1.54) is 0 Å². The van der Waals surface area contributed by atoms with Crippen LogP contribution in [0.3, 0.4) is 0 Å². The van der Waals surface area contributed by atoms with Gasteiger partial charge >= 0.3 is 5.97 Å². The number of carbonyl (C=O) groups is 5. The number of nitrogens with one attached hydrogen (secondary N) is 3. The molecule has 15 heteroatoms. The summed E-state index contributed by atoms with van der Waals surface area (Å²) < 4.78 is 0. The van der Waals surface area contributed by atoms with Crippen LogP contribution < -0.4 is 21.7 Å². The van der Waals surface area contributed by atoms with Crippen molar-refractivity contribution in [1.82, 2.24) is 25.4 Å². The van der Waals surface area contributed by atoms with Crippen molar-refractivity contribution in [2.45, 2.75) is 110 Å². The Labute approximate surface area is 317 Å². The van der Waals surface area contributed by atoms with Gasteiger partial charge in [0, 0.05) is 36.6 Å². The maximum Gasteiger partial charge on any atom is 0.306 e. The van der Waals surface area contributed by atoms with Crippen LogP contribution in [0.25, 0.3) is 0 Å². The SMILES string of the molecule is CCC(C)[C@H](NC(=O)[C@@]1(C)CCCN1C)C(=O)N(C)[C@H](C[C@@H](O)c1nc(C(=O)N[C@@H](Cc2ccc(NC(=O)CN)cc2)C[C@H](C)C(=O)O)cs1)C(C)C. The summed E-state index contributed by atoms with van der Waals surface area (Å²) in [6.07, 6.45) is 1.90. The van der Waals surface area contributed by atoms with E-state index in [0.717, 1.165) is 36.3 Å². The minimum absolute atomic E-state index is 0.0453. The Morgan fingerprint density at radius 3 is 2.28 bits per heavy atom. The zero-order chi connectivity index (χ0) is 39.6. The maximum absolute atomic E-state index is 14.1. The van der Waals surface area contributed by atoms with Crippen molar-refractivity contribution < 1.29 is 34.2 Å². The number of carbonyl (C=O) groups excluding carboxylic acids is 4. The number of aliphatic hydroxyl groups is 1.